The molecule has 1 fully saturated rings. The number of benzene rings is 1. The molecule has 1 aliphatic rings. The lowest BCUT2D eigenvalue weighted by molar-refractivity contribution is -0.130. The van der Waals surface area contributed by atoms with Crippen LogP contribution in [0.15, 0.2) is 24.3 Å². The van der Waals surface area contributed by atoms with Crippen LogP contribution in [0.2, 0.25) is 5.02 Å². The number of aliphatic hydroxyl groups excluding tert-OH is 1. The number of halogens is 1. The Bertz CT molecular complexity index is 445. The molecule has 3 nitrogen and oxygen atoms in total. The smallest absolute Gasteiger partial charge is 0.249 e. The van der Waals surface area contributed by atoms with Crippen molar-refractivity contribution < 1.29 is 9.90 Å². The van der Waals surface area contributed by atoms with Crippen molar-refractivity contribution in [2.24, 2.45) is 0 Å². The molecule has 0 aliphatic heterocycles. The molecule has 1 aromatic rings. The van der Waals surface area contributed by atoms with E-state index >= 15 is 0 Å². The second kappa shape index (κ2) is 6.16. The fraction of sp³-hybridized carbons (Fsp3) is 0.500. The summed E-state index contributed by atoms with van der Waals surface area (Å²) in [7, 11) is 0. The van der Waals surface area contributed by atoms with Gasteiger partial charge in [-0.2, -0.15) is 11.8 Å². The molecule has 0 radical (unpaired) electrons. The highest BCUT2D eigenvalue weighted by Gasteiger charge is 2.46. The van der Waals surface area contributed by atoms with Gasteiger partial charge < -0.3 is 10.4 Å². The third-order valence-corrected chi connectivity index (χ3v) is 4.30. The molecule has 0 bridgehead atoms. The van der Waals surface area contributed by atoms with E-state index in [0.29, 0.717) is 11.4 Å². The second-order valence-electron chi connectivity index (χ2n) is 4.88. The van der Waals surface area contributed by atoms with Gasteiger partial charge in [0.1, 0.15) is 6.10 Å². The zero-order valence-electron chi connectivity index (χ0n) is 10.9. The molecule has 0 heterocycles. The summed E-state index contributed by atoms with van der Waals surface area (Å²) >= 11 is 7.49. The predicted molar refractivity (Wildman–Crippen MR) is 79.5 cm³/mol. The Labute approximate surface area is 122 Å². The van der Waals surface area contributed by atoms with Gasteiger partial charge in [-0.25, -0.2) is 0 Å². The topological polar surface area (TPSA) is 49.3 Å². The lowest BCUT2D eigenvalue weighted by Crippen LogP contribution is -2.41. The molecule has 1 saturated carbocycles. The van der Waals surface area contributed by atoms with E-state index in [9.17, 15) is 9.90 Å². The van der Waals surface area contributed by atoms with Crippen LogP contribution in [0.5, 0.6) is 0 Å². The molecule has 1 aliphatic carbocycles. The number of hydrogen-bond donors (Lipinski definition) is 2. The molecular formula is C14H18ClNO2S. The summed E-state index contributed by atoms with van der Waals surface area (Å²) in [6, 6.07) is 7.52. The second-order valence-corrected chi connectivity index (χ2v) is 6.30. The monoisotopic (exact) mass is 299 g/mol. The zero-order chi connectivity index (χ0) is 13.9. The maximum Gasteiger partial charge on any atom is 0.249 e. The van der Waals surface area contributed by atoms with E-state index in [1.807, 2.05) is 30.5 Å². The van der Waals surface area contributed by atoms with Crippen LogP contribution in [0.4, 0.5) is 0 Å². The third-order valence-electron chi connectivity index (χ3n) is 3.41. The molecule has 104 valence electrons. The Morgan fingerprint density at radius 1 is 1.47 bits per heavy atom. The number of nitrogens with one attached hydrogen (secondary N) is 1. The number of rotatable bonds is 6. The first kappa shape index (κ1) is 14.7. The van der Waals surface area contributed by atoms with Crippen LogP contribution in [-0.2, 0) is 10.3 Å². The molecule has 5 heteroatoms. The van der Waals surface area contributed by atoms with Crippen molar-refractivity contribution in [2.45, 2.75) is 30.9 Å². The Morgan fingerprint density at radius 2 is 2.11 bits per heavy atom. The fourth-order valence-corrected chi connectivity index (χ4v) is 2.64. The largest absolute Gasteiger partial charge is 0.383 e. The standard InChI is InChI=1S/C14H18ClNO2S/c1-19-9-6-12(17)13(18)16-14(7-8-14)10-2-4-11(15)5-3-10/h2-5,12,17H,6-9H2,1H3,(H,16,18). The first-order valence-electron chi connectivity index (χ1n) is 6.32. The van der Waals surface area contributed by atoms with E-state index < -0.39 is 6.10 Å². The van der Waals surface area contributed by atoms with Gasteiger partial charge in [-0.3, -0.25) is 4.79 Å². The molecule has 19 heavy (non-hydrogen) atoms. The number of thioether (sulfide) groups is 1. The molecular weight excluding hydrogens is 282 g/mol. The molecule has 2 rings (SSSR count). The van der Waals surface area contributed by atoms with Gasteiger partial charge in [0.2, 0.25) is 5.91 Å². The number of amides is 1. The predicted octanol–water partition coefficient (Wildman–Crippen LogP) is 2.56. The molecule has 1 amide bonds. The van der Waals surface area contributed by atoms with Crippen molar-refractivity contribution in [2.75, 3.05) is 12.0 Å². The van der Waals surface area contributed by atoms with Gasteiger partial charge in [0.25, 0.3) is 0 Å². The Morgan fingerprint density at radius 3 is 2.63 bits per heavy atom. The maximum absolute atomic E-state index is 11.9. The lowest BCUT2D eigenvalue weighted by atomic mass is 10.0. The molecule has 2 N–H and O–H groups in total. The summed E-state index contributed by atoms with van der Waals surface area (Å²) < 4.78 is 0. The van der Waals surface area contributed by atoms with Crippen molar-refractivity contribution >= 4 is 29.3 Å². The van der Waals surface area contributed by atoms with E-state index in [-0.39, 0.29) is 11.4 Å². The summed E-state index contributed by atoms with van der Waals surface area (Å²) in [5.41, 5.74) is 0.768. The van der Waals surface area contributed by atoms with E-state index in [1.54, 1.807) is 11.8 Å². The van der Waals surface area contributed by atoms with Gasteiger partial charge in [-0.1, -0.05) is 23.7 Å². The van der Waals surface area contributed by atoms with Crippen molar-refractivity contribution in [1.82, 2.24) is 5.32 Å². The van der Waals surface area contributed by atoms with Gasteiger partial charge in [0.05, 0.1) is 5.54 Å². The van der Waals surface area contributed by atoms with Gasteiger partial charge in [0, 0.05) is 5.02 Å². The van der Waals surface area contributed by atoms with Crippen LogP contribution in [0, 0.1) is 0 Å². The molecule has 1 unspecified atom stereocenters. The van der Waals surface area contributed by atoms with Crippen molar-refractivity contribution in [1.29, 1.82) is 0 Å². The minimum absolute atomic E-state index is 0.276. The fourth-order valence-electron chi connectivity index (χ4n) is 2.06. The van der Waals surface area contributed by atoms with Crippen LogP contribution in [-0.4, -0.2) is 29.1 Å². The Kier molecular flexibility index (Phi) is 4.76. The van der Waals surface area contributed by atoms with Crippen LogP contribution < -0.4 is 5.32 Å². The van der Waals surface area contributed by atoms with Crippen LogP contribution in [0.1, 0.15) is 24.8 Å². The van der Waals surface area contributed by atoms with Crippen molar-refractivity contribution in [3.05, 3.63) is 34.9 Å². The summed E-state index contributed by atoms with van der Waals surface area (Å²) in [5, 5.41) is 13.4. The Balaban J connectivity index is 1.98. The normalized spacial score (nSPS) is 17.8. The lowest BCUT2D eigenvalue weighted by Gasteiger charge is -2.20. The quantitative estimate of drug-likeness (QED) is 0.849. The van der Waals surface area contributed by atoms with Crippen molar-refractivity contribution in [3.8, 4) is 0 Å². The van der Waals surface area contributed by atoms with Gasteiger partial charge in [0.15, 0.2) is 0 Å². The van der Waals surface area contributed by atoms with Gasteiger partial charge in [-0.05, 0) is 49.0 Å². The molecule has 1 atom stereocenters. The van der Waals surface area contributed by atoms with Crippen LogP contribution >= 0.6 is 23.4 Å². The number of aliphatic hydroxyl groups is 1. The molecule has 1 aromatic carbocycles. The first-order valence-corrected chi connectivity index (χ1v) is 8.10. The minimum Gasteiger partial charge on any atom is -0.383 e. The molecule has 0 spiro atoms. The molecule has 0 saturated heterocycles. The number of carbonyl (C=O) groups is 1. The average molecular weight is 300 g/mol. The maximum atomic E-state index is 11.9. The zero-order valence-corrected chi connectivity index (χ0v) is 12.4. The number of hydrogen-bond acceptors (Lipinski definition) is 3. The average Bonchev–Trinajstić information content (AvgIpc) is 3.17. The van der Waals surface area contributed by atoms with Crippen LogP contribution in [0.3, 0.4) is 0 Å². The van der Waals surface area contributed by atoms with Gasteiger partial charge >= 0.3 is 0 Å². The summed E-state index contributed by atoms with van der Waals surface area (Å²) in [6.07, 6.45) is 3.35. The first-order chi connectivity index (χ1) is 9.07. The van der Waals surface area contributed by atoms with E-state index in [1.165, 1.54) is 0 Å². The highest BCUT2D eigenvalue weighted by molar-refractivity contribution is 7.98. The number of carbonyl (C=O) groups excluding carboxylic acids is 1. The van der Waals surface area contributed by atoms with Gasteiger partial charge in [-0.15, -0.1) is 0 Å². The highest BCUT2D eigenvalue weighted by atomic mass is 35.5. The minimum atomic E-state index is -0.919. The third kappa shape index (κ3) is 3.65. The Hall–Kier alpha value is -0.710. The SMILES string of the molecule is CSCCC(O)C(=O)NC1(c2ccc(Cl)cc2)CC1. The molecule has 0 aromatic heterocycles. The van der Waals surface area contributed by atoms with E-state index in [2.05, 4.69) is 5.32 Å². The summed E-state index contributed by atoms with van der Waals surface area (Å²) in [4.78, 5) is 11.9. The highest BCUT2D eigenvalue weighted by Crippen LogP contribution is 2.45. The van der Waals surface area contributed by atoms with E-state index in [0.717, 1.165) is 24.2 Å². The summed E-state index contributed by atoms with van der Waals surface area (Å²) in [6.45, 7) is 0. The van der Waals surface area contributed by atoms with Crippen molar-refractivity contribution in [3.63, 3.8) is 0 Å². The summed E-state index contributed by atoms with van der Waals surface area (Å²) in [5.74, 6) is 0.504. The van der Waals surface area contributed by atoms with Crippen LogP contribution in [0.25, 0.3) is 0 Å². The van der Waals surface area contributed by atoms with E-state index in [4.69, 9.17) is 11.6 Å².